The van der Waals surface area contributed by atoms with Crippen LogP contribution in [-0.2, 0) is 18.5 Å². The summed E-state index contributed by atoms with van der Waals surface area (Å²) >= 11 is 0. The summed E-state index contributed by atoms with van der Waals surface area (Å²) in [5.41, 5.74) is 1.80. The lowest BCUT2D eigenvalue weighted by Gasteiger charge is -2.13. The molecule has 0 aromatic carbocycles. The second kappa shape index (κ2) is 5.34. The highest BCUT2D eigenvalue weighted by Gasteiger charge is 2.24. The van der Waals surface area contributed by atoms with Gasteiger partial charge in [-0.05, 0) is 13.8 Å². The third-order valence-corrected chi connectivity index (χ3v) is 1.95. The Morgan fingerprint density at radius 2 is 2.15 bits per heavy atom. The Bertz CT molecular complexity index is 217. The van der Waals surface area contributed by atoms with Crippen LogP contribution in [0.5, 0.6) is 0 Å². The van der Waals surface area contributed by atoms with Crippen molar-refractivity contribution in [1.29, 1.82) is 0 Å². The van der Waals surface area contributed by atoms with Gasteiger partial charge in [0.25, 0.3) is 0 Å². The first-order valence-electron chi connectivity index (χ1n) is 3.86. The number of carbonyl (C=O) groups excluding carboxylic acids is 1. The Hall–Kier alpha value is -0.420. The van der Waals surface area contributed by atoms with E-state index in [0.717, 1.165) is 0 Å². The zero-order chi connectivity index (χ0) is 10.5. The fourth-order valence-electron chi connectivity index (χ4n) is 0.469. The largest absolute Gasteiger partial charge is 0.494 e. The number of amides is 1. The molecule has 0 aliphatic rings. The molecule has 0 fully saturated rings. The van der Waals surface area contributed by atoms with Gasteiger partial charge in [-0.2, -0.15) is 4.62 Å². The van der Waals surface area contributed by atoms with E-state index in [1.165, 1.54) is 0 Å². The molecule has 13 heavy (non-hydrogen) atoms. The van der Waals surface area contributed by atoms with E-state index in [-0.39, 0.29) is 6.42 Å². The SMILES string of the molecule is CCC(=O)NOP(=O)(O)OC(C)C. The number of hydrogen-bond donors (Lipinski definition) is 2. The van der Waals surface area contributed by atoms with E-state index < -0.39 is 19.8 Å². The van der Waals surface area contributed by atoms with Crippen molar-refractivity contribution in [3.63, 3.8) is 0 Å². The molecule has 78 valence electrons. The van der Waals surface area contributed by atoms with Gasteiger partial charge in [0.1, 0.15) is 0 Å². The molecular formula is C6H14NO5P. The fraction of sp³-hybridized carbons (Fsp3) is 0.833. The molecule has 0 aliphatic carbocycles. The van der Waals surface area contributed by atoms with E-state index in [9.17, 15) is 9.36 Å². The first kappa shape index (κ1) is 12.6. The van der Waals surface area contributed by atoms with Gasteiger partial charge in [-0.25, -0.2) is 10.0 Å². The Balaban J connectivity index is 3.89. The molecule has 0 rings (SSSR count). The van der Waals surface area contributed by atoms with E-state index in [1.54, 1.807) is 26.3 Å². The fourth-order valence-corrected chi connectivity index (χ4v) is 1.26. The second-order valence-corrected chi connectivity index (χ2v) is 3.92. The summed E-state index contributed by atoms with van der Waals surface area (Å²) in [4.78, 5) is 19.5. The molecule has 0 aromatic heterocycles. The van der Waals surface area contributed by atoms with Crippen LogP contribution in [0, 0.1) is 0 Å². The first-order valence-corrected chi connectivity index (χ1v) is 5.35. The van der Waals surface area contributed by atoms with Crippen LogP contribution in [0.4, 0.5) is 0 Å². The predicted molar refractivity (Wildman–Crippen MR) is 45.6 cm³/mol. The van der Waals surface area contributed by atoms with Crippen LogP contribution in [0.15, 0.2) is 0 Å². The molecule has 1 amide bonds. The Morgan fingerprint density at radius 1 is 1.62 bits per heavy atom. The van der Waals surface area contributed by atoms with Crippen molar-refractivity contribution >= 4 is 13.7 Å². The molecule has 1 unspecified atom stereocenters. The number of phosphoric acid groups is 1. The standard InChI is InChI=1S/C6H14NO5P/c1-4-6(8)7-12-13(9,10)11-5(2)3/h5H,4H2,1-3H3,(H,7,8)(H,9,10). The van der Waals surface area contributed by atoms with Gasteiger partial charge in [-0.15, -0.1) is 0 Å². The maximum Gasteiger partial charge on any atom is 0.494 e. The molecular weight excluding hydrogens is 197 g/mol. The van der Waals surface area contributed by atoms with Crippen LogP contribution in [0.3, 0.4) is 0 Å². The van der Waals surface area contributed by atoms with Crippen molar-refractivity contribution in [2.45, 2.75) is 33.3 Å². The molecule has 0 bridgehead atoms. The monoisotopic (exact) mass is 211 g/mol. The van der Waals surface area contributed by atoms with Gasteiger partial charge in [0.2, 0.25) is 5.91 Å². The van der Waals surface area contributed by atoms with Crippen molar-refractivity contribution in [3.8, 4) is 0 Å². The van der Waals surface area contributed by atoms with Gasteiger partial charge < -0.3 is 4.89 Å². The number of nitrogens with one attached hydrogen (secondary N) is 1. The normalized spacial score (nSPS) is 15.5. The maximum atomic E-state index is 10.9. The first-order chi connectivity index (χ1) is 5.87. The molecule has 2 N–H and O–H groups in total. The van der Waals surface area contributed by atoms with Crippen molar-refractivity contribution in [2.24, 2.45) is 0 Å². The third-order valence-electron chi connectivity index (χ3n) is 0.940. The van der Waals surface area contributed by atoms with Gasteiger partial charge in [-0.3, -0.25) is 9.32 Å². The summed E-state index contributed by atoms with van der Waals surface area (Å²) < 4.78 is 19.6. The smallest absolute Gasteiger partial charge is 0.301 e. The minimum Gasteiger partial charge on any atom is -0.301 e. The molecule has 0 radical (unpaired) electrons. The summed E-state index contributed by atoms with van der Waals surface area (Å²) in [6.07, 6.45) is -0.281. The van der Waals surface area contributed by atoms with Crippen molar-refractivity contribution in [3.05, 3.63) is 0 Å². The minimum absolute atomic E-state index is 0.168. The molecule has 1 atom stereocenters. The number of rotatable bonds is 5. The highest BCUT2D eigenvalue weighted by molar-refractivity contribution is 7.47. The van der Waals surface area contributed by atoms with Gasteiger partial charge >= 0.3 is 7.82 Å². The van der Waals surface area contributed by atoms with Gasteiger partial charge in [0.05, 0.1) is 6.10 Å². The summed E-state index contributed by atoms with van der Waals surface area (Å²) in [7, 11) is -4.15. The molecule has 7 heteroatoms. The molecule has 0 saturated heterocycles. The van der Waals surface area contributed by atoms with Crippen LogP contribution >= 0.6 is 7.82 Å². The van der Waals surface area contributed by atoms with Crippen molar-refractivity contribution < 1.29 is 23.4 Å². The zero-order valence-electron chi connectivity index (χ0n) is 7.81. The van der Waals surface area contributed by atoms with E-state index in [0.29, 0.717) is 0 Å². The van der Waals surface area contributed by atoms with Gasteiger partial charge in [0.15, 0.2) is 0 Å². The summed E-state index contributed by atoms with van der Waals surface area (Å²) in [5.74, 6) is -0.485. The maximum absolute atomic E-state index is 10.9. The second-order valence-electron chi connectivity index (χ2n) is 2.59. The van der Waals surface area contributed by atoms with E-state index >= 15 is 0 Å². The van der Waals surface area contributed by atoms with Crippen LogP contribution in [0.1, 0.15) is 27.2 Å². The molecule has 0 saturated carbocycles. The average Bonchev–Trinajstić information content (AvgIpc) is 1.98. The Morgan fingerprint density at radius 3 is 2.54 bits per heavy atom. The van der Waals surface area contributed by atoms with Crippen LogP contribution in [0.2, 0.25) is 0 Å². The van der Waals surface area contributed by atoms with Gasteiger partial charge in [0, 0.05) is 6.42 Å². The van der Waals surface area contributed by atoms with Gasteiger partial charge in [-0.1, -0.05) is 6.92 Å². The summed E-state index contributed by atoms with van der Waals surface area (Å²) in [6, 6.07) is 0. The number of carbonyl (C=O) groups is 1. The van der Waals surface area contributed by atoms with Crippen molar-refractivity contribution in [1.82, 2.24) is 5.48 Å². The molecule has 0 aliphatic heterocycles. The Kier molecular flexibility index (Phi) is 5.17. The summed E-state index contributed by atoms with van der Waals surface area (Å²) in [6.45, 7) is 4.74. The highest BCUT2D eigenvalue weighted by atomic mass is 31.2. The average molecular weight is 211 g/mol. The van der Waals surface area contributed by atoms with Crippen molar-refractivity contribution in [2.75, 3.05) is 0 Å². The van der Waals surface area contributed by atoms with Crippen LogP contribution in [0.25, 0.3) is 0 Å². The molecule has 0 heterocycles. The highest BCUT2D eigenvalue weighted by Crippen LogP contribution is 2.43. The lowest BCUT2D eigenvalue weighted by atomic mass is 10.5. The molecule has 6 nitrogen and oxygen atoms in total. The molecule has 0 aromatic rings. The van der Waals surface area contributed by atoms with E-state index in [4.69, 9.17) is 4.89 Å². The van der Waals surface area contributed by atoms with E-state index in [2.05, 4.69) is 9.15 Å². The number of phosphoric ester groups is 1. The minimum atomic E-state index is -4.15. The van der Waals surface area contributed by atoms with E-state index in [1.807, 2.05) is 0 Å². The van der Waals surface area contributed by atoms with Crippen LogP contribution < -0.4 is 5.48 Å². The third kappa shape index (κ3) is 6.72. The number of hydroxylamine groups is 1. The topological polar surface area (TPSA) is 84.9 Å². The number of hydrogen-bond acceptors (Lipinski definition) is 4. The Labute approximate surface area is 76.8 Å². The predicted octanol–water partition coefficient (Wildman–Crippen LogP) is 0.970. The quantitative estimate of drug-likeness (QED) is 0.522. The summed E-state index contributed by atoms with van der Waals surface area (Å²) in [5, 5.41) is 0. The molecule has 0 spiro atoms. The zero-order valence-corrected chi connectivity index (χ0v) is 8.71. The lowest BCUT2D eigenvalue weighted by molar-refractivity contribution is -0.128. The van der Waals surface area contributed by atoms with Crippen LogP contribution in [-0.4, -0.2) is 16.9 Å². The lowest BCUT2D eigenvalue weighted by Crippen LogP contribution is -2.22.